The van der Waals surface area contributed by atoms with Gasteiger partial charge in [0.15, 0.2) is 0 Å². The van der Waals surface area contributed by atoms with Crippen molar-refractivity contribution in [2.75, 3.05) is 26.7 Å². The van der Waals surface area contributed by atoms with Crippen LogP contribution in [0.4, 0.5) is 0 Å². The van der Waals surface area contributed by atoms with Crippen molar-refractivity contribution < 1.29 is 26.4 Å². The van der Waals surface area contributed by atoms with E-state index in [-0.39, 0.29) is 35.8 Å². The molecule has 0 saturated carbocycles. The third-order valence-corrected chi connectivity index (χ3v) is 8.85. The molecule has 0 fully saturated rings. The number of hydrogen-bond acceptors (Lipinski definition) is 6. The summed E-state index contributed by atoms with van der Waals surface area (Å²) in [5.41, 5.74) is 1.88. The molecule has 0 amide bonds. The largest absolute Gasteiger partial charge is 0.461 e. The molecule has 0 heterocycles. The Morgan fingerprint density at radius 2 is 1.30 bits per heavy atom. The molecule has 0 spiro atoms. The lowest BCUT2D eigenvalue weighted by atomic mass is 10.2. The number of benzene rings is 2. The van der Waals surface area contributed by atoms with Crippen LogP contribution in [0.1, 0.15) is 31.4 Å². The minimum atomic E-state index is -3.86. The van der Waals surface area contributed by atoms with Gasteiger partial charge in [-0.3, -0.25) is 4.79 Å². The van der Waals surface area contributed by atoms with Gasteiger partial charge in [-0.1, -0.05) is 35.4 Å². The van der Waals surface area contributed by atoms with Crippen LogP contribution in [0, 0.1) is 13.8 Å². The SMILES string of the molecule is CC(=O)OC(C)CN(CCCN(C)S(=O)(=O)c1ccc(C)cc1)S(=O)(=O)c1ccc(C)cc1. The zero-order valence-electron chi connectivity index (χ0n) is 19.7. The van der Waals surface area contributed by atoms with Crippen molar-refractivity contribution in [2.45, 2.75) is 50.0 Å². The molecule has 2 aromatic carbocycles. The summed E-state index contributed by atoms with van der Waals surface area (Å²) < 4.78 is 59.7. The highest BCUT2D eigenvalue weighted by molar-refractivity contribution is 7.89. The maximum Gasteiger partial charge on any atom is 0.302 e. The second kappa shape index (κ2) is 11.2. The van der Waals surface area contributed by atoms with E-state index in [4.69, 9.17) is 4.74 Å². The summed E-state index contributed by atoms with van der Waals surface area (Å²) >= 11 is 0. The molecule has 0 aliphatic rings. The molecule has 2 aromatic rings. The van der Waals surface area contributed by atoms with Gasteiger partial charge in [-0.2, -0.15) is 4.31 Å². The van der Waals surface area contributed by atoms with Crippen LogP contribution in [-0.2, 0) is 29.6 Å². The molecular formula is C23H32N2O6S2. The van der Waals surface area contributed by atoms with E-state index >= 15 is 0 Å². The Hall–Kier alpha value is -2.27. The van der Waals surface area contributed by atoms with Gasteiger partial charge in [-0.25, -0.2) is 21.1 Å². The second-order valence-electron chi connectivity index (χ2n) is 8.09. The lowest BCUT2D eigenvalue weighted by Crippen LogP contribution is -2.40. The average molecular weight is 497 g/mol. The Morgan fingerprint density at radius 3 is 1.76 bits per heavy atom. The van der Waals surface area contributed by atoms with Gasteiger partial charge in [0.2, 0.25) is 20.0 Å². The highest BCUT2D eigenvalue weighted by Crippen LogP contribution is 2.19. The summed E-state index contributed by atoms with van der Waals surface area (Å²) in [7, 11) is -6.09. The molecular weight excluding hydrogens is 464 g/mol. The zero-order chi connectivity index (χ0) is 24.8. The number of ether oxygens (including phenoxy) is 1. The van der Waals surface area contributed by atoms with Crippen molar-refractivity contribution in [3.8, 4) is 0 Å². The number of carbonyl (C=O) groups excluding carboxylic acids is 1. The Labute approximate surface area is 197 Å². The fraction of sp³-hybridized carbons (Fsp3) is 0.435. The van der Waals surface area contributed by atoms with Crippen molar-refractivity contribution in [2.24, 2.45) is 0 Å². The first kappa shape index (κ1) is 27.0. The predicted molar refractivity (Wildman–Crippen MR) is 127 cm³/mol. The van der Waals surface area contributed by atoms with E-state index in [2.05, 4.69) is 0 Å². The van der Waals surface area contributed by atoms with Crippen LogP contribution >= 0.6 is 0 Å². The van der Waals surface area contributed by atoms with E-state index in [9.17, 15) is 21.6 Å². The zero-order valence-corrected chi connectivity index (χ0v) is 21.3. The monoisotopic (exact) mass is 496 g/mol. The Bertz CT molecular complexity index is 1140. The van der Waals surface area contributed by atoms with Crippen LogP contribution in [0.2, 0.25) is 0 Å². The van der Waals surface area contributed by atoms with Crippen molar-refractivity contribution in [3.05, 3.63) is 59.7 Å². The molecule has 0 aliphatic carbocycles. The molecule has 182 valence electrons. The maximum atomic E-state index is 13.2. The van der Waals surface area contributed by atoms with Gasteiger partial charge < -0.3 is 4.74 Å². The smallest absolute Gasteiger partial charge is 0.302 e. The lowest BCUT2D eigenvalue weighted by Gasteiger charge is -2.26. The number of hydrogen-bond donors (Lipinski definition) is 0. The number of sulfonamides is 2. The topological polar surface area (TPSA) is 101 Å². The summed E-state index contributed by atoms with van der Waals surface area (Å²) in [5, 5.41) is 0. The van der Waals surface area contributed by atoms with Gasteiger partial charge in [-0.15, -0.1) is 0 Å². The first-order valence-electron chi connectivity index (χ1n) is 10.6. The Morgan fingerprint density at radius 1 is 0.848 bits per heavy atom. The van der Waals surface area contributed by atoms with Crippen LogP contribution in [0.25, 0.3) is 0 Å². The van der Waals surface area contributed by atoms with E-state index in [1.54, 1.807) is 43.3 Å². The van der Waals surface area contributed by atoms with E-state index in [0.29, 0.717) is 0 Å². The van der Waals surface area contributed by atoms with E-state index in [1.807, 2.05) is 13.8 Å². The van der Waals surface area contributed by atoms with Crippen molar-refractivity contribution in [1.82, 2.24) is 8.61 Å². The van der Waals surface area contributed by atoms with E-state index < -0.39 is 32.1 Å². The van der Waals surface area contributed by atoms with Crippen molar-refractivity contribution in [3.63, 3.8) is 0 Å². The average Bonchev–Trinajstić information content (AvgIpc) is 2.73. The minimum absolute atomic E-state index is 0.0375. The normalized spacial score (nSPS) is 13.3. The standard InChI is InChI=1S/C23H32N2O6S2/c1-18-7-11-22(12-8-18)32(27,28)24(5)15-6-16-25(17-20(3)31-21(4)26)33(29,30)23-13-9-19(2)10-14-23/h7-14,20H,6,15-17H2,1-5H3. The summed E-state index contributed by atoms with van der Waals surface area (Å²) in [6, 6.07) is 13.0. The predicted octanol–water partition coefficient (Wildman–Crippen LogP) is 2.96. The van der Waals surface area contributed by atoms with Crippen molar-refractivity contribution >= 4 is 26.0 Å². The number of rotatable bonds is 11. The van der Waals surface area contributed by atoms with Crippen LogP contribution in [0.15, 0.2) is 58.3 Å². The molecule has 0 radical (unpaired) electrons. The molecule has 0 aliphatic heterocycles. The first-order valence-corrected chi connectivity index (χ1v) is 13.5. The number of esters is 1. The molecule has 0 saturated heterocycles. The van der Waals surface area contributed by atoms with E-state index in [0.717, 1.165) is 11.1 Å². The number of aryl methyl sites for hydroxylation is 2. The lowest BCUT2D eigenvalue weighted by molar-refractivity contribution is -0.145. The molecule has 33 heavy (non-hydrogen) atoms. The summed E-state index contributed by atoms with van der Waals surface area (Å²) in [4.78, 5) is 11.6. The van der Waals surface area contributed by atoms with E-state index in [1.165, 1.54) is 34.7 Å². The van der Waals surface area contributed by atoms with Gasteiger partial charge in [0.05, 0.1) is 16.3 Å². The number of carbonyl (C=O) groups is 1. The molecule has 0 aromatic heterocycles. The summed E-state index contributed by atoms with van der Waals surface area (Å²) in [6.07, 6.45) is -0.392. The van der Waals surface area contributed by atoms with Crippen LogP contribution in [0.3, 0.4) is 0 Å². The quantitative estimate of drug-likeness (QED) is 0.444. The third kappa shape index (κ3) is 7.36. The fourth-order valence-electron chi connectivity index (χ4n) is 3.26. The molecule has 1 atom stereocenters. The van der Waals surface area contributed by atoms with Crippen LogP contribution < -0.4 is 0 Å². The van der Waals surface area contributed by atoms with Gasteiger partial charge in [0.1, 0.15) is 6.10 Å². The van der Waals surface area contributed by atoms with Crippen LogP contribution in [0.5, 0.6) is 0 Å². The van der Waals surface area contributed by atoms with Crippen molar-refractivity contribution in [1.29, 1.82) is 0 Å². The fourth-order valence-corrected chi connectivity index (χ4v) is 6.02. The minimum Gasteiger partial charge on any atom is -0.461 e. The molecule has 0 N–H and O–H groups in total. The Kier molecular flexibility index (Phi) is 9.19. The van der Waals surface area contributed by atoms with Gasteiger partial charge in [0.25, 0.3) is 0 Å². The summed E-state index contributed by atoms with van der Waals surface area (Å²) in [5.74, 6) is -0.501. The Balaban J connectivity index is 2.16. The number of nitrogens with zero attached hydrogens (tertiary/aromatic N) is 2. The van der Waals surface area contributed by atoms with Gasteiger partial charge in [-0.05, 0) is 51.5 Å². The maximum absolute atomic E-state index is 13.2. The van der Waals surface area contributed by atoms with Crippen LogP contribution in [-0.4, -0.2) is 64.2 Å². The highest BCUT2D eigenvalue weighted by Gasteiger charge is 2.27. The highest BCUT2D eigenvalue weighted by atomic mass is 32.2. The third-order valence-electron chi connectivity index (χ3n) is 5.10. The molecule has 8 nitrogen and oxygen atoms in total. The molecule has 10 heteroatoms. The molecule has 0 bridgehead atoms. The van der Waals surface area contributed by atoms with Gasteiger partial charge in [0, 0.05) is 27.1 Å². The first-order chi connectivity index (χ1) is 15.3. The molecule has 1 unspecified atom stereocenters. The van der Waals surface area contributed by atoms with Gasteiger partial charge >= 0.3 is 5.97 Å². The molecule has 2 rings (SSSR count). The summed E-state index contributed by atoms with van der Waals surface area (Å²) in [6.45, 7) is 6.77. The second-order valence-corrected chi connectivity index (χ2v) is 12.1.